The van der Waals surface area contributed by atoms with E-state index >= 15 is 0 Å². The molecule has 0 atom stereocenters. The molecule has 0 saturated carbocycles. The third-order valence-corrected chi connectivity index (χ3v) is 3.74. The molecule has 0 bridgehead atoms. The molecule has 0 aromatic heterocycles. The zero-order valence-corrected chi connectivity index (χ0v) is 13.9. The van der Waals surface area contributed by atoms with Crippen molar-refractivity contribution >= 4 is 17.5 Å². The Morgan fingerprint density at radius 3 is 2.79 bits per heavy atom. The summed E-state index contributed by atoms with van der Waals surface area (Å²) in [6.45, 7) is 2.56. The van der Waals surface area contributed by atoms with Crippen molar-refractivity contribution in [2.75, 3.05) is 25.1 Å². The maximum Gasteiger partial charge on any atom is 0.251 e. The number of ether oxygens (including phenoxy) is 1. The first-order valence-corrected chi connectivity index (χ1v) is 8.22. The number of halogens is 1. The Morgan fingerprint density at radius 1 is 1.25 bits per heavy atom. The van der Waals surface area contributed by atoms with Gasteiger partial charge in [0.1, 0.15) is 12.4 Å². The van der Waals surface area contributed by atoms with E-state index in [2.05, 4.69) is 16.7 Å². The minimum absolute atomic E-state index is 0.108. The van der Waals surface area contributed by atoms with Crippen molar-refractivity contribution in [2.45, 2.75) is 32.6 Å². The number of allylic oxidation sites excluding steroid dienone is 1. The number of nitrogens with one attached hydrogen (secondary N) is 2. The number of hydrogen-bond acceptors (Lipinski definition) is 3. The van der Waals surface area contributed by atoms with Crippen LogP contribution in [0.5, 0.6) is 0 Å². The predicted molar refractivity (Wildman–Crippen MR) is 90.4 cm³/mol. The van der Waals surface area contributed by atoms with Gasteiger partial charge in [-0.2, -0.15) is 0 Å². The van der Waals surface area contributed by atoms with E-state index in [4.69, 9.17) is 4.74 Å². The van der Waals surface area contributed by atoms with Crippen LogP contribution in [0.3, 0.4) is 0 Å². The van der Waals surface area contributed by atoms with Gasteiger partial charge < -0.3 is 15.4 Å². The molecule has 0 saturated heterocycles. The molecule has 1 aromatic rings. The molecular weight excluding hydrogens is 311 g/mol. The SMILES string of the molecule is CCOCC(=O)Nc1cc(F)cc(C(=O)NCC2=CCCCC2)c1. The van der Waals surface area contributed by atoms with Crippen molar-refractivity contribution in [2.24, 2.45) is 0 Å². The largest absolute Gasteiger partial charge is 0.372 e. The van der Waals surface area contributed by atoms with Gasteiger partial charge in [0.05, 0.1) is 0 Å². The molecule has 24 heavy (non-hydrogen) atoms. The van der Waals surface area contributed by atoms with Crippen molar-refractivity contribution in [3.63, 3.8) is 0 Å². The zero-order chi connectivity index (χ0) is 17.4. The standard InChI is InChI=1S/C18H23FN2O3/c1-2-24-12-17(22)21-16-9-14(8-15(19)10-16)18(23)20-11-13-6-4-3-5-7-13/h6,8-10H,2-5,7,11-12H2,1H3,(H,20,23)(H,21,22). The molecule has 0 heterocycles. The molecule has 0 radical (unpaired) electrons. The number of carbonyl (C=O) groups is 2. The molecule has 2 amide bonds. The number of rotatable bonds is 7. The van der Waals surface area contributed by atoms with Gasteiger partial charge in [0.15, 0.2) is 0 Å². The molecule has 0 aliphatic heterocycles. The van der Waals surface area contributed by atoms with Crippen LogP contribution in [0.15, 0.2) is 29.8 Å². The molecule has 5 nitrogen and oxygen atoms in total. The van der Waals surface area contributed by atoms with E-state index in [9.17, 15) is 14.0 Å². The Hall–Kier alpha value is -2.21. The molecule has 0 unspecified atom stereocenters. The minimum Gasteiger partial charge on any atom is -0.372 e. The first kappa shape index (κ1) is 18.1. The van der Waals surface area contributed by atoms with Crippen LogP contribution in [-0.4, -0.2) is 31.6 Å². The lowest BCUT2D eigenvalue weighted by atomic mass is 9.99. The van der Waals surface area contributed by atoms with Crippen LogP contribution in [0, 0.1) is 5.82 Å². The second-order valence-electron chi connectivity index (χ2n) is 5.70. The molecule has 0 fully saturated rings. The maximum atomic E-state index is 13.7. The van der Waals surface area contributed by atoms with Gasteiger partial charge in [0.25, 0.3) is 5.91 Å². The summed E-state index contributed by atoms with van der Waals surface area (Å²) in [5, 5.41) is 5.32. The lowest BCUT2D eigenvalue weighted by Crippen LogP contribution is -2.26. The number of anilines is 1. The summed E-state index contributed by atoms with van der Waals surface area (Å²) in [4.78, 5) is 23.8. The Labute approximate surface area is 141 Å². The molecule has 1 aliphatic carbocycles. The van der Waals surface area contributed by atoms with Crippen molar-refractivity contribution < 1.29 is 18.7 Å². The van der Waals surface area contributed by atoms with Crippen molar-refractivity contribution in [3.05, 3.63) is 41.2 Å². The summed E-state index contributed by atoms with van der Waals surface area (Å²) in [5.74, 6) is -1.33. The van der Waals surface area contributed by atoms with Gasteiger partial charge in [-0.25, -0.2) is 4.39 Å². The van der Waals surface area contributed by atoms with Crippen molar-refractivity contribution in [1.29, 1.82) is 0 Å². The molecule has 6 heteroatoms. The second kappa shape index (κ2) is 9.17. The van der Waals surface area contributed by atoms with Crippen LogP contribution in [0.4, 0.5) is 10.1 Å². The van der Waals surface area contributed by atoms with Gasteiger partial charge in [-0.05, 0) is 50.8 Å². The van der Waals surface area contributed by atoms with Crippen molar-refractivity contribution in [1.82, 2.24) is 5.32 Å². The van der Waals surface area contributed by atoms with Gasteiger partial charge in [-0.1, -0.05) is 11.6 Å². The Morgan fingerprint density at radius 2 is 2.08 bits per heavy atom. The van der Waals surface area contributed by atoms with Gasteiger partial charge in [0.2, 0.25) is 5.91 Å². The predicted octanol–water partition coefficient (Wildman–Crippen LogP) is 3.03. The molecule has 130 valence electrons. The molecule has 0 spiro atoms. The first-order chi connectivity index (χ1) is 11.6. The topological polar surface area (TPSA) is 67.4 Å². The van der Waals surface area contributed by atoms with Crippen molar-refractivity contribution in [3.8, 4) is 0 Å². The monoisotopic (exact) mass is 334 g/mol. The minimum atomic E-state index is -0.578. The highest BCUT2D eigenvalue weighted by Crippen LogP contribution is 2.17. The average Bonchev–Trinajstić information content (AvgIpc) is 2.58. The summed E-state index contributed by atoms with van der Waals surface area (Å²) in [6.07, 6.45) is 6.50. The summed E-state index contributed by atoms with van der Waals surface area (Å²) < 4.78 is 18.7. The van der Waals surface area contributed by atoms with Crippen LogP contribution in [0.25, 0.3) is 0 Å². The fourth-order valence-corrected chi connectivity index (χ4v) is 2.55. The van der Waals surface area contributed by atoms with Crippen LogP contribution >= 0.6 is 0 Å². The summed E-state index contributed by atoms with van der Waals surface area (Å²) in [6, 6.07) is 3.78. The lowest BCUT2D eigenvalue weighted by molar-refractivity contribution is -0.120. The summed E-state index contributed by atoms with van der Waals surface area (Å²) in [5.41, 5.74) is 1.62. The molecule has 1 aromatic carbocycles. The van der Waals surface area contributed by atoms with Crippen LogP contribution in [0.1, 0.15) is 43.0 Å². The number of benzene rings is 1. The van der Waals surface area contributed by atoms with Crippen LogP contribution in [0.2, 0.25) is 0 Å². The van der Waals surface area contributed by atoms with Gasteiger partial charge >= 0.3 is 0 Å². The van der Waals surface area contributed by atoms with E-state index in [1.54, 1.807) is 6.92 Å². The average molecular weight is 334 g/mol. The van der Waals surface area contributed by atoms with Gasteiger partial charge in [0, 0.05) is 24.4 Å². The Kier molecular flexibility index (Phi) is 6.93. The smallest absolute Gasteiger partial charge is 0.251 e. The van der Waals surface area contributed by atoms with E-state index in [-0.39, 0.29) is 29.7 Å². The highest BCUT2D eigenvalue weighted by Gasteiger charge is 2.12. The third kappa shape index (κ3) is 5.77. The first-order valence-electron chi connectivity index (χ1n) is 8.22. The fraction of sp³-hybridized carbons (Fsp3) is 0.444. The van der Waals surface area contributed by atoms with Crippen LogP contribution in [-0.2, 0) is 9.53 Å². The fourth-order valence-electron chi connectivity index (χ4n) is 2.55. The van der Waals surface area contributed by atoms with E-state index in [0.717, 1.165) is 25.3 Å². The third-order valence-electron chi connectivity index (χ3n) is 3.74. The maximum absolute atomic E-state index is 13.7. The Bertz CT molecular complexity index is 629. The normalized spacial score (nSPS) is 14.0. The molecule has 1 aliphatic rings. The zero-order valence-electron chi connectivity index (χ0n) is 13.9. The summed E-state index contributed by atoms with van der Waals surface area (Å²) >= 11 is 0. The molecule has 2 N–H and O–H groups in total. The van der Waals surface area contributed by atoms with Gasteiger partial charge in [-0.15, -0.1) is 0 Å². The number of carbonyl (C=O) groups excluding carboxylic acids is 2. The second-order valence-corrected chi connectivity index (χ2v) is 5.70. The highest BCUT2D eigenvalue weighted by molar-refractivity contribution is 5.97. The number of hydrogen-bond donors (Lipinski definition) is 2. The Balaban J connectivity index is 1.97. The lowest BCUT2D eigenvalue weighted by Gasteiger charge is -2.14. The highest BCUT2D eigenvalue weighted by atomic mass is 19.1. The van der Waals surface area contributed by atoms with E-state index < -0.39 is 5.82 Å². The molecular formula is C18H23FN2O3. The van der Waals surface area contributed by atoms with E-state index in [0.29, 0.717) is 13.2 Å². The van der Waals surface area contributed by atoms with Crippen LogP contribution < -0.4 is 10.6 Å². The quantitative estimate of drug-likeness (QED) is 0.753. The summed E-state index contributed by atoms with van der Waals surface area (Å²) in [7, 11) is 0. The van der Waals surface area contributed by atoms with Gasteiger partial charge in [-0.3, -0.25) is 9.59 Å². The van der Waals surface area contributed by atoms with E-state index in [1.165, 1.54) is 24.1 Å². The number of amides is 2. The van der Waals surface area contributed by atoms with E-state index in [1.807, 2.05) is 0 Å². The molecule has 2 rings (SSSR count).